The molecule has 0 fully saturated rings. The zero-order chi connectivity index (χ0) is 12.3. The van der Waals surface area contributed by atoms with E-state index in [9.17, 15) is 4.79 Å². The number of rotatable bonds is 4. The first-order chi connectivity index (χ1) is 7.35. The number of thiophene rings is 1. The number of carbonyl (C=O) groups is 1. The molecule has 0 aromatic carbocycles. The van der Waals surface area contributed by atoms with Crippen LogP contribution in [0.4, 0.5) is 0 Å². The molecule has 4 heteroatoms. The molecule has 0 saturated carbocycles. The highest BCUT2D eigenvalue weighted by Crippen LogP contribution is 2.19. The fourth-order valence-corrected chi connectivity index (χ4v) is 2.38. The standard InChI is InChI=1S/C12H20N2OS/c1-9-5-6-10(16-9)11(15)14(4)8-12(2,3)7-13/h5-6H,7-8,13H2,1-4H3. The predicted octanol–water partition coefficient (Wildman–Crippen LogP) is 2.11. The maximum Gasteiger partial charge on any atom is 0.263 e. The minimum atomic E-state index is -0.0310. The molecule has 1 rings (SSSR count). The normalized spacial score (nSPS) is 11.6. The minimum Gasteiger partial charge on any atom is -0.340 e. The summed E-state index contributed by atoms with van der Waals surface area (Å²) in [6, 6.07) is 3.86. The van der Waals surface area contributed by atoms with E-state index >= 15 is 0 Å². The van der Waals surface area contributed by atoms with Gasteiger partial charge in [-0.1, -0.05) is 13.8 Å². The largest absolute Gasteiger partial charge is 0.340 e. The van der Waals surface area contributed by atoms with Crippen molar-refractivity contribution >= 4 is 17.2 Å². The third-order valence-electron chi connectivity index (χ3n) is 2.52. The quantitative estimate of drug-likeness (QED) is 0.876. The van der Waals surface area contributed by atoms with Gasteiger partial charge in [-0.15, -0.1) is 11.3 Å². The summed E-state index contributed by atoms with van der Waals surface area (Å²) in [5.74, 6) is 0.0830. The van der Waals surface area contributed by atoms with E-state index in [1.807, 2.05) is 26.1 Å². The Morgan fingerprint density at radius 3 is 2.56 bits per heavy atom. The van der Waals surface area contributed by atoms with Crippen LogP contribution in [-0.4, -0.2) is 30.9 Å². The summed E-state index contributed by atoms with van der Waals surface area (Å²) in [5.41, 5.74) is 5.63. The van der Waals surface area contributed by atoms with Crippen LogP contribution < -0.4 is 5.73 Å². The Hall–Kier alpha value is -0.870. The number of nitrogens with two attached hydrogens (primary N) is 1. The van der Waals surface area contributed by atoms with Gasteiger partial charge in [0.2, 0.25) is 0 Å². The molecule has 0 aliphatic rings. The third kappa shape index (κ3) is 3.32. The molecule has 0 aliphatic heterocycles. The number of nitrogens with zero attached hydrogens (tertiary/aromatic N) is 1. The summed E-state index contributed by atoms with van der Waals surface area (Å²) < 4.78 is 0. The molecule has 0 aliphatic carbocycles. The van der Waals surface area contributed by atoms with Gasteiger partial charge in [-0.2, -0.15) is 0 Å². The summed E-state index contributed by atoms with van der Waals surface area (Å²) in [6.07, 6.45) is 0. The van der Waals surface area contributed by atoms with Crippen molar-refractivity contribution in [3.8, 4) is 0 Å². The van der Waals surface area contributed by atoms with Crippen molar-refractivity contribution in [2.24, 2.45) is 11.1 Å². The molecule has 1 aromatic rings. The number of hydrogen-bond donors (Lipinski definition) is 1. The molecule has 1 aromatic heterocycles. The van der Waals surface area contributed by atoms with Crippen LogP contribution in [0.25, 0.3) is 0 Å². The lowest BCUT2D eigenvalue weighted by atomic mass is 9.93. The van der Waals surface area contributed by atoms with Crippen molar-refractivity contribution < 1.29 is 4.79 Å². The maximum absolute atomic E-state index is 12.0. The number of aryl methyl sites for hydroxylation is 1. The van der Waals surface area contributed by atoms with E-state index in [-0.39, 0.29) is 11.3 Å². The topological polar surface area (TPSA) is 46.3 Å². The van der Waals surface area contributed by atoms with Crippen LogP contribution in [0.2, 0.25) is 0 Å². The Bertz CT molecular complexity index is 371. The highest BCUT2D eigenvalue weighted by molar-refractivity contribution is 7.13. The van der Waals surface area contributed by atoms with Gasteiger partial charge in [0.05, 0.1) is 4.88 Å². The first-order valence-corrected chi connectivity index (χ1v) is 6.19. The second-order valence-electron chi connectivity index (χ2n) is 4.94. The number of amides is 1. The molecule has 90 valence electrons. The van der Waals surface area contributed by atoms with E-state index in [4.69, 9.17) is 5.73 Å². The zero-order valence-corrected chi connectivity index (χ0v) is 11.2. The van der Waals surface area contributed by atoms with Crippen molar-refractivity contribution in [3.63, 3.8) is 0 Å². The van der Waals surface area contributed by atoms with Crippen LogP contribution in [0, 0.1) is 12.3 Å². The molecule has 0 atom stereocenters. The molecule has 2 N–H and O–H groups in total. The fraction of sp³-hybridized carbons (Fsp3) is 0.583. The molecule has 0 spiro atoms. The Labute approximate surface area is 101 Å². The van der Waals surface area contributed by atoms with Gasteiger partial charge in [0, 0.05) is 18.5 Å². The van der Waals surface area contributed by atoms with Crippen LogP contribution in [-0.2, 0) is 0 Å². The van der Waals surface area contributed by atoms with Crippen LogP contribution in [0.3, 0.4) is 0 Å². The summed E-state index contributed by atoms with van der Waals surface area (Å²) in [7, 11) is 1.83. The van der Waals surface area contributed by atoms with Gasteiger partial charge in [0.1, 0.15) is 0 Å². The van der Waals surface area contributed by atoms with E-state index < -0.39 is 0 Å². The van der Waals surface area contributed by atoms with E-state index in [0.29, 0.717) is 13.1 Å². The third-order valence-corrected chi connectivity index (χ3v) is 3.50. The Balaban J connectivity index is 2.68. The lowest BCUT2D eigenvalue weighted by Crippen LogP contribution is -2.39. The van der Waals surface area contributed by atoms with Gasteiger partial charge in [0.15, 0.2) is 0 Å². The van der Waals surface area contributed by atoms with Crippen molar-refractivity contribution in [2.75, 3.05) is 20.1 Å². The summed E-state index contributed by atoms with van der Waals surface area (Å²) in [6.45, 7) is 7.39. The van der Waals surface area contributed by atoms with Crippen LogP contribution in [0.5, 0.6) is 0 Å². The average Bonchev–Trinajstić information content (AvgIpc) is 2.63. The minimum absolute atomic E-state index is 0.0310. The predicted molar refractivity (Wildman–Crippen MR) is 68.9 cm³/mol. The van der Waals surface area contributed by atoms with E-state index in [0.717, 1.165) is 9.75 Å². The average molecular weight is 240 g/mol. The van der Waals surface area contributed by atoms with E-state index in [1.54, 1.807) is 4.90 Å². The highest BCUT2D eigenvalue weighted by atomic mass is 32.1. The SMILES string of the molecule is Cc1ccc(C(=O)N(C)CC(C)(C)CN)s1. The Kier molecular flexibility index (Phi) is 4.10. The first-order valence-electron chi connectivity index (χ1n) is 5.38. The maximum atomic E-state index is 12.0. The van der Waals surface area contributed by atoms with Crippen LogP contribution in [0.1, 0.15) is 28.4 Å². The van der Waals surface area contributed by atoms with Gasteiger partial charge >= 0.3 is 0 Å². The molecule has 0 radical (unpaired) electrons. The van der Waals surface area contributed by atoms with E-state index in [1.165, 1.54) is 11.3 Å². The van der Waals surface area contributed by atoms with E-state index in [2.05, 4.69) is 13.8 Å². The van der Waals surface area contributed by atoms with Gasteiger partial charge in [0.25, 0.3) is 5.91 Å². The highest BCUT2D eigenvalue weighted by Gasteiger charge is 2.22. The van der Waals surface area contributed by atoms with Gasteiger partial charge in [-0.3, -0.25) is 4.79 Å². The molecule has 3 nitrogen and oxygen atoms in total. The fourth-order valence-electron chi connectivity index (χ4n) is 1.52. The monoisotopic (exact) mass is 240 g/mol. The van der Waals surface area contributed by atoms with Gasteiger partial charge < -0.3 is 10.6 Å². The van der Waals surface area contributed by atoms with Crippen LogP contribution in [0.15, 0.2) is 12.1 Å². The van der Waals surface area contributed by atoms with Crippen molar-refractivity contribution in [3.05, 3.63) is 21.9 Å². The lowest BCUT2D eigenvalue weighted by Gasteiger charge is -2.28. The smallest absolute Gasteiger partial charge is 0.263 e. The zero-order valence-electron chi connectivity index (χ0n) is 10.4. The van der Waals surface area contributed by atoms with Crippen molar-refractivity contribution in [1.82, 2.24) is 4.90 Å². The van der Waals surface area contributed by atoms with Gasteiger partial charge in [-0.25, -0.2) is 0 Å². The van der Waals surface area contributed by atoms with Crippen molar-refractivity contribution in [2.45, 2.75) is 20.8 Å². The van der Waals surface area contributed by atoms with Gasteiger partial charge in [-0.05, 0) is 31.0 Å². The molecule has 1 heterocycles. The second-order valence-corrected chi connectivity index (χ2v) is 6.23. The molecule has 0 bridgehead atoms. The number of carbonyl (C=O) groups excluding carboxylic acids is 1. The van der Waals surface area contributed by atoms with Crippen LogP contribution >= 0.6 is 11.3 Å². The summed E-state index contributed by atoms with van der Waals surface area (Å²) >= 11 is 1.54. The molecule has 16 heavy (non-hydrogen) atoms. The van der Waals surface area contributed by atoms with Crippen molar-refractivity contribution in [1.29, 1.82) is 0 Å². The Morgan fingerprint density at radius 1 is 1.50 bits per heavy atom. The molecule has 1 amide bonds. The second kappa shape index (κ2) is 4.97. The molecule has 0 saturated heterocycles. The lowest BCUT2D eigenvalue weighted by molar-refractivity contribution is 0.0745. The molecule has 0 unspecified atom stereocenters. The number of hydrogen-bond acceptors (Lipinski definition) is 3. The summed E-state index contributed by atoms with van der Waals surface area (Å²) in [5, 5.41) is 0. The molecular formula is C12H20N2OS. The first kappa shape index (κ1) is 13.2. The Morgan fingerprint density at radius 2 is 2.12 bits per heavy atom. The summed E-state index contributed by atoms with van der Waals surface area (Å²) in [4.78, 5) is 15.8. The molecular weight excluding hydrogens is 220 g/mol.